The van der Waals surface area contributed by atoms with Gasteiger partial charge in [-0.25, -0.2) is 13.4 Å². The molecule has 0 radical (unpaired) electrons. The van der Waals surface area contributed by atoms with Gasteiger partial charge >= 0.3 is 0 Å². The lowest BCUT2D eigenvalue weighted by Crippen LogP contribution is -2.27. The van der Waals surface area contributed by atoms with E-state index in [-0.39, 0.29) is 6.54 Å². The molecule has 0 aliphatic rings. The van der Waals surface area contributed by atoms with Crippen LogP contribution in [0.2, 0.25) is 0 Å². The van der Waals surface area contributed by atoms with Gasteiger partial charge in [0.15, 0.2) is 0 Å². The van der Waals surface area contributed by atoms with Crippen LogP contribution in [-0.2, 0) is 16.6 Å². The van der Waals surface area contributed by atoms with Crippen molar-refractivity contribution < 1.29 is 8.42 Å². The maximum Gasteiger partial charge on any atom is 0.243 e. The summed E-state index contributed by atoms with van der Waals surface area (Å²) in [7, 11) is -1.93. The van der Waals surface area contributed by atoms with Crippen molar-refractivity contribution in [3.8, 4) is 0 Å². The van der Waals surface area contributed by atoms with Crippen molar-refractivity contribution in [2.45, 2.75) is 25.3 Å². The molecule has 0 unspecified atom stereocenters. The third-order valence-electron chi connectivity index (χ3n) is 3.73. The van der Waals surface area contributed by atoms with Gasteiger partial charge in [-0.1, -0.05) is 24.3 Å². The zero-order valence-electron chi connectivity index (χ0n) is 13.3. The van der Waals surface area contributed by atoms with E-state index in [1.807, 2.05) is 50.2 Å². The zero-order valence-corrected chi connectivity index (χ0v) is 14.9. The van der Waals surface area contributed by atoms with E-state index in [9.17, 15) is 8.42 Å². The summed E-state index contributed by atoms with van der Waals surface area (Å²) in [5.74, 6) is 0. The van der Waals surface area contributed by atoms with Gasteiger partial charge in [0, 0.05) is 7.05 Å². The van der Waals surface area contributed by atoms with Crippen molar-refractivity contribution >= 4 is 31.6 Å². The average molecular weight is 346 g/mol. The summed E-state index contributed by atoms with van der Waals surface area (Å²) in [6.07, 6.45) is 0. The van der Waals surface area contributed by atoms with Crippen molar-refractivity contribution in [1.82, 2.24) is 9.29 Å². The number of fused-ring (bicyclic) bond motifs is 1. The summed E-state index contributed by atoms with van der Waals surface area (Å²) in [5, 5.41) is 0.794. The number of thiazole rings is 1. The molecule has 0 atom stereocenters. The van der Waals surface area contributed by atoms with E-state index in [2.05, 4.69) is 4.98 Å². The van der Waals surface area contributed by atoms with Crippen LogP contribution in [0, 0.1) is 13.8 Å². The molecule has 23 heavy (non-hydrogen) atoms. The zero-order chi connectivity index (χ0) is 16.6. The Bertz CT molecular complexity index is 929. The summed E-state index contributed by atoms with van der Waals surface area (Å²) in [4.78, 5) is 4.87. The van der Waals surface area contributed by atoms with Gasteiger partial charge in [0.1, 0.15) is 5.01 Å². The first-order valence-electron chi connectivity index (χ1n) is 7.26. The smallest absolute Gasteiger partial charge is 0.240 e. The van der Waals surface area contributed by atoms with E-state index in [0.29, 0.717) is 4.90 Å². The van der Waals surface area contributed by atoms with Gasteiger partial charge in [0.2, 0.25) is 10.0 Å². The lowest BCUT2D eigenvalue weighted by molar-refractivity contribution is 0.465. The Balaban J connectivity index is 1.92. The minimum Gasteiger partial charge on any atom is -0.240 e. The fourth-order valence-electron chi connectivity index (χ4n) is 2.42. The molecule has 0 bridgehead atoms. The summed E-state index contributed by atoms with van der Waals surface area (Å²) in [6.45, 7) is 3.99. The maximum atomic E-state index is 12.8. The van der Waals surface area contributed by atoms with Crippen molar-refractivity contribution in [3.63, 3.8) is 0 Å². The van der Waals surface area contributed by atoms with Crippen LogP contribution in [0.25, 0.3) is 10.2 Å². The number of benzene rings is 2. The first-order valence-corrected chi connectivity index (χ1v) is 9.51. The van der Waals surface area contributed by atoms with Gasteiger partial charge in [0.05, 0.1) is 21.7 Å². The van der Waals surface area contributed by atoms with Crippen LogP contribution in [0.5, 0.6) is 0 Å². The van der Waals surface area contributed by atoms with E-state index >= 15 is 0 Å². The Hall–Kier alpha value is -1.76. The minimum atomic E-state index is -3.53. The van der Waals surface area contributed by atoms with Crippen molar-refractivity contribution in [2.24, 2.45) is 0 Å². The molecule has 1 aromatic heterocycles. The summed E-state index contributed by atoms with van der Waals surface area (Å²) in [5.41, 5.74) is 2.60. The monoisotopic (exact) mass is 346 g/mol. The van der Waals surface area contributed by atoms with Crippen LogP contribution in [-0.4, -0.2) is 24.8 Å². The van der Waals surface area contributed by atoms with E-state index < -0.39 is 10.0 Å². The van der Waals surface area contributed by atoms with Crippen molar-refractivity contribution in [2.75, 3.05) is 7.05 Å². The van der Waals surface area contributed by atoms with E-state index in [1.54, 1.807) is 13.1 Å². The molecule has 6 heteroatoms. The van der Waals surface area contributed by atoms with Crippen LogP contribution in [0.1, 0.15) is 16.1 Å². The predicted molar refractivity (Wildman–Crippen MR) is 94.2 cm³/mol. The SMILES string of the molecule is Cc1ccc(C)c(S(=O)(=O)N(C)Cc2nc3ccccc3s2)c1. The second kappa shape index (κ2) is 6.03. The highest BCUT2D eigenvalue weighted by Crippen LogP contribution is 2.25. The van der Waals surface area contributed by atoms with Crippen LogP contribution in [0.15, 0.2) is 47.4 Å². The van der Waals surface area contributed by atoms with Crippen LogP contribution >= 0.6 is 11.3 Å². The number of rotatable bonds is 4. The fourth-order valence-corrected chi connectivity index (χ4v) is 4.96. The lowest BCUT2D eigenvalue weighted by Gasteiger charge is -2.17. The molecule has 120 valence electrons. The standard InChI is InChI=1S/C17H18N2O2S2/c1-12-8-9-13(2)16(10-12)23(20,21)19(3)11-17-18-14-6-4-5-7-15(14)22-17/h4-10H,11H2,1-3H3. The van der Waals surface area contributed by atoms with Crippen LogP contribution in [0.4, 0.5) is 0 Å². The van der Waals surface area contributed by atoms with Crippen molar-refractivity contribution in [3.05, 3.63) is 58.6 Å². The first-order chi connectivity index (χ1) is 10.9. The van der Waals surface area contributed by atoms with E-state index in [4.69, 9.17) is 0 Å². The Kier molecular flexibility index (Phi) is 4.23. The molecule has 0 aliphatic heterocycles. The summed E-state index contributed by atoms with van der Waals surface area (Å²) >= 11 is 1.53. The van der Waals surface area contributed by atoms with Gasteiger partial charge in [-0.3, -0.25) is 0 Å². The second-order valence-corrected chi connectivity index (χ2v) is 8.73. The van der Waals surface area contributed by atoms with E-state index in [1.165, 1.54) is 15.6 Å². The number of hydrogen-bond donors (Lipinski definition) is 0. The Morgan fingerprint density at radius 3 is 2.61 bits per heavy atom. The highest BCUT2D eigenvalue weighted by molar-refractivity contribution is 7.89. The summed E-state index contributed by atoms with van der Waals surface area (Å²) in [6, 6.07) is 13.3. The van der Waals surface area contributed by atoms with Crippen LogP contribution < -0.4 is 0 Å². The molecule has 2 aromatic carbocycles. The van der Waals surface area contributed by atoms with Crippen molar-refractivity contribution in [1.29, 1.82) is 0 Å². The molecule has 0 aliphatic carbocycles. The average Bonchev–Trinajstić information content (AvgIpc) is 2.91. The van der Waals surface area contributed by atoms with Gasteiger partial charge in [-0.05, 0) is 43.2 Å². The molecule has 3 aromatic rings. The number of aryl methyl sites for hydroxylation is 2. The Labute approximate surface area is 140 Å². The predicted octanol–water partition coefficient (Wildman–Crippen LogP) is 3.73. The molecule has 1 heterocycles. The second-order valence-electron chi connectivity index (χ2n) is 5.61. The third-order valence-corrected chi connectivity index (χ3v) is 6.69. The first kappa shape index (κ1) is 16.1. The van der Waals surface area contributed by atoms with Gasteiger partial charge in [-0.2, -0.15) is 4.31 Å². The molecule has 0 fully saturated rings. The Morgan fingerprint density at radius 1 is 1.13 bits per heavy atom. The normalized spacial score (nSPS) is 12.2. The van der Waals surface area contributed by atoms with Crippen LogP contribution in [0.3, 0.4) is 0 Å². The molecule has 3 rings (SSSR count). The highest BCUT2D eigenvalue weighted by Gasteiger charge is 2.24. The topological polar surface area (TPSA) is 50.3 Å². The molecule has 0 amide bonds. The van der Waals surface area contributed by atoms with Gasteiger partial charge in [-0.15, -0.1) is 11.3 Å². The summed E-state index contributed by atoms with van der Waals surface area (Å²) < 4.78 is 28.1. The highest BCUT2D eigenvalue weighted by atomic mass is 32.2. The quantitative estimate of drug-likeness (QED) is 0.723. The molecule has 0 spiro atoms. The third kappa shape index (κ3) is 3.15. The molecule has 0 saturated heterocycles. The van der Waals surface area contributed by atoms with Gasteiger partial charge < -0.3 is 0 Å². The fraction of sp³-hybridized carbons (Fsp3) is 0.235. The largest absolute Gasteiger partial charge is 0.243 e. The van der Waals surface area contributed by atoms with E-state index in [0.717, 1.165) is 26.4 Å². The molecule has 0 N–H and O–H groups in total. The number of hydrogen-bond acceptors (Lipinski definition) is 4. The lowest BCUT2D eigenvalue weighted by atomic mass is 10.2. The number of para-hydroxylation sites is 1. The Morgan fingerprint density at radius 2 is 1.87 bits per heavy atom. The number of nitrogens with zero attached hydrogens (tertiary/aromatic N) is 2. The molecular weight excluding hydrogens is 328 g/mol. The molecular formula is C17H18N2O2S2. The molecule has 4 nitrogen and oxygen atoms in total. The number of aromatic nitrogens is 1. The number of sulfonamides is 1. The molecule has 0 saturated carbocycles. The minimum absolute atomic E-state index is 0.273. The maximum absolute atomic E-state index is 12.8. The van der Waals surface area contributed by atoms with Gasteiger partial charge in [0.25, 0.3) is 0 Å².